The molecule has 1 fully saturated rings. The van der Waals surface area contributed by atoms with Gasteiger partial charge in [-0.3, -0.25) is 9.59 Å². The highest BCUT2D eigenvalue weighted by Crippen LogP contribution is 2.20. The van der Waals surface area contributed by atoms with Crippen molar-refractivity contribution in [2.24, 2.45) is 0 Å². The first kappa shape index (κ1) is 15.5. The predicted octanol–water partition coefficient (Wildman–Crippen LogP) is 0.897. The van der Waals surface area contributed by atoms with Gasteiger partial charge in [0.1, 0.15) is 0 Å². The highest BCUT2D eigenvalue weighted by atomic mass is 16.5. The van der Waals surface area contributed by atoms with Gasteiger partial charge < -0.3 is 15.0 Å². The fourth-order valence-corrected chi connectivity index (χ4v) is 3.01. The van der Waals surface area contributed by atoms with Crippen molar-refractivity contribution < 1.29 is 19.1 Å². The summed E-state index contributed by atoms with van der Waals surface area (Å²) < 4.78 is 5.19. The van der Waals surface area contributed by atoms with Crippen LogP contribution in [0.5, 0.6) is 0 Å². The van der Waals surface area contributed by atoms with Gasteiger partial charge in [-0.2, -0.15) is 0 Å². The maximum atomic E-state index is 12.1. The summed E-state index contributed by atoms with van der Waals surface area (Å²) in [5, 5.41) is 2.69. The number of carbonyl (C=O) groups excluding carboxylic acids is 3. The first-order chi connectivity index (χ1) is 11.1. The minimum Gasteiger partial charge on any atom is -0.448 e. The summed E-state index contributed by atoms with van der Waals surface area (Å²) in [6, 6.07) is 7.12. The number of ether oxygens (including phenoxy) is 1. The number of nitrogens with one attached hydrogen (secondary N) is 1. The summed E-state index contributed by atoms with van der Waals surface area (Å²) in [6.45, 7) is 1.89. The number of carbonyl (C=O) groups is 3. The van der Waals surface area contributed by atoms with E-state index in [1.165, 1.54) is 0 Å². The molecule has 1 saturated heterocycles. The summed E-state index contributed by atoms with van der Waals surface area (Å²) in [6.07, 6.45) is 1.93. The number of likely N-dealkylation sites (tertiary alicyclic amines) is 1. The van der Waals surface area contributed by atoms with E-state index in [0.29, 0.717) is 12.0 Å². The van der Waals surface area contributed by atoms with Crippen molar-refractivity contribution in [3.63, 3.8) is 0 Å². The molecule has 0 aromatic heterocycles. The van der Waals surface area contributed by atoms with Gasteiger partial charge >= 0.3 is 5.97 Å². The molecule has 0 saturated carbocycles. The molecule has 1 atom stereocenters. The lowest BCUT2D eigenvalue weighted by atomic mass is 9.98. The topological polar surface area (TPSA) is 75.7 Å². The highest BCUT2D eigenvalue weighted by molar-refractivity contribution is 5.95. The van der Waals surface area contributed by atoms with Crippen molar-refractivity contribution >= 4 is 17.8 Å². The molecule has 1 aromatic rings. The largest absolute Gasteiger partial charge is 0.448 e. The zero-order valence-electron chi connectivity index (χ0n) is 12.9. The molecule has 0 bridgehead atoms. The maximum Gasteiger partial charge on any atom is 0.339 e. The Hall–Kier alpha value is -2.37. The molecule has 2 aliphatic heterocycles. The van der Waals surface area contributed by atoms with Crippen LogP contribution in [0.15, 0.2) is 24.3 Å². The van der Waals surface area contributed by atoms with Crippen LogP contribution in [-0.2, 0) is 20.7 Å². The number of cyclic esters (lactones) is 1. The van der Waals surface area contributed by atoms with Gasteiger partial charge in [0, 0.05) is 32.5 Å². The summed E-state index contributed by atoms with van der Waals surface area (Å²) >= 11 is 0. The summed E-state index contributed by atoms with van der Waals surface area (Å²) in [7, 11) is 0. The average Bonchev–Trinajstić information content (AvgIpc) is 3.09. The standard InChI is InChI=1S/C17H20N2O4/c20-15(19-9-3-4-10-19)7-8-18-16(21)14-11-12-5-1-2-6-13(12)17(22)23-14/h1-2,5-6,14H,3-4,7-11H2,(H,18,21). The Morgan fingerprint density at radius 1 is 1.22 bits per heavy atom. The van der Waals surface area contributed by atoms with Crippen LogP contribution in [0.1, 0.15) is 35.2 Å². The molecular formula is C17H20N2O4. The number of amides is 2. The van der Waals surface area contributed by atoms with Gasteiger partial charge in [0.2, 0.25) is 5.91 Å². The second-order valence-electron chi connectivity index (χ2n) is 5.88. The highest BCUT2D eigenvalue weighted by Gasteiger charge is 2.30. The molecule has 1 aromatic carbocycles. The lowest BCUT2D eigenvalue weighted by molar-refractivity contribution is -0.131. The molecule has 1 unspecified atom stereocenters. The minimum absolute atomic E-state index is 0.0637. The van der Waals surface area contributed by atoms with E-state index in [1.54, 1.807) is 12.1 Å². The Labute approximate surface area is 134 Å². The van der Waals surface area contributed by atoms with Gasteiger partial charge in [-0.15, -0.1) is 0 Å². The quantitative estimate of drug-likeness (QED) is 0.837. The Morgan fingerprint density at radius 3 is 2.74 bits per heavy atom. The molecule has 3 rings (SSSR count). The minimum atomic E-state index is -0.820. The van der Waals surface area contributed by atoms with E-state index >= 15 is 0 Å². The van der Waals surface area contributed by atoms with Crippen LogP contribution in [0, 0.1) is 0 Å². The number of esters is 1. The van der Waals surface area contributed by atoms with Gasteiger partial charge in [-0.1, -0.05) is 18.2 Å². The smallest absolute Gasteiger partial charge is 0.339 e. The van der Waals surface area contributed by atoms with Gasteiger partial charge in [0.15, 0.2) is 6.10 Å². The van der Waals surface area contributed by atoms with Crippen LogP contribution in [-0.4, -0.2) is 48.4 Å². The average molecular weight is 316 g/mol. The molecule has 23 heavy (non-hydrogen) atoms. The number of benzene rings is 1. The zero-order chi connectivity index (χ0) is 16.2. The van der Waals surface area contributed by atoms with E-state index in [4.69, 9.17) is 4.74 Å². The molecule has 2 amide bonds. The number of hydrogen-bond donors (Lipinski definition) is 1. The van der Waals surface area contributed by atoms with E-state index < -0.39 is 12.1 Å². The van der Waals surface area contributed by atoms with Gasteiger partial charge in [-0.05, 0) is 24.5 Å². The molecule has 6 nitrogen and oxygen atoms in total. The van der Waals surface area contributed by atoms with Crippen LogP contribution in [0.3, 0.4) is 0 Å². The van der Waals surface area contributed by atoms with Crippen molar-refractivity contribution in [2.75, 3.05) is 19.6 Å². The Balaban J connectivity index is 1.49. The zero-order valence-corrected chi connectivity index (χ0v) is 12.9. The normalized spacial score (nSPS) is 19.9. The fraction of sp³-hybridized carbons (Fsp3) is 0.471. The van der Waals surface area contributed by atoms with Crippen molar-refractivity contribution in [1.29, 1.82) is 0 Å². The Kier molecular flexibility index (Phi) is 4.60. The lowest BCUT2D eigenvalue weighted by Gasteiger charge is -2.24. The number of rotatable bonds is 4. The maximum absolute atomic E-state index is 12.1. The third kappa shape index (κ3) is 3.52. The van der Waals surface area contributed by atoms with Crippen LogP contribution < -0.4 is 5.32 Å². The van der Waals surface area contributed by atoms with E-state index in [9.17, 15) is 14.4 Å². The van der Waals surface area contributed by atoms with E-state index in [0.717, 1.165) is 31.5 Å². The summed E-state index contributed by atoms with van der Waals surface area (Å²) in [5.74, 6) is -0.754. The van der Waals surface area contributed by atoms with Crippen LogP contribution in [0.2, 0.25) is 0 Å². The number of fused-ring (bicyclic) bond motifs is 1. The van der Waals surface area contributed by atoms with Gasteiger partial charge in [-0.25, -0.2) is 4.79 Å². The van der Waals surface area contributed by atoms with E-state index in [2.05, 4.69) is 5.32 Å². The Morgan fingerprint density at radius 2 is 1.96 bits per heavy atom. The second kappa shape index (κ2) is 6.81. The Bertz CT molecular complexity index is 623. The molecular weight excluding hydrogens is 296 g/mol. The second-order valence-corrected chi connectivity index (χ2v) is 5.88. The van der Waals surface area contributed by atoms with Crippen LogP contribution >= 0.6 is 0 Å². The van der Waals surface area contributed by atoms with Gasteiger partial charge in [0.05, 0.1) is 5.56 Å². The lowest BCUT2D eigenvalue weighted by Crippen LogP contribution is -2.43. The molecule has 0 radical (unpaired) electrons. The molecule has 6 heteroatoms. The first-order valence-electron chi connectivity index (χ1n) is 7.99. The van der Waals surface area contributed by atoms with Crippen molar-refractivity contribution in [2.45, 2.75) is 31.8 Å². The fourth-order valence-electron chi connectivity index (χ4n) is 3.01. The van der Waals surface area contributed by atoms with Gasteiger partial charge in [0.25, 0.3) is 5.91 Å². The van der Waals surface area contributed by atoms with E-state index in [-0.39, 0.29) is 24.8 Å². The predicted molar refractivity (Wildman–Crippen MR) is 82.8 cm³/mol. The number of hydrogen-bond acceptors (Lipinski definition) is 4. The number of nitrogens with zero attached hydrogens (tertiary/aromatic N) is 1. The third-order valence-electron chi connectivity index (χ3n) is 4.28. The first-order valence-corrected chi connectivity index (χ1v) is 7.99. The van der Waals surface area contributed by atoms with Crippen molar-refractivity contribution in [3.8, 4) is 0 Å². The SMILES string of the molecule is O=C1OC(C(=O)NCCC(=O)N2CCCC2)Cc2ccccc21. The summed E-state index contributed by atoms with van der Waals surface area (Å²) in [4.78, 5) is 37.8. The summed E-state index contributed by atoms with van der Waals surface area (Å²) in [5.41, 5.74) is 1.33. The molecule has 122 valence electrons. The van der Waals surface area contributed by atoms with Crippen LogP contribution in [0.4, 0.5) is 0 Å². The molecule has 1 N–H and O–H groups in total. The molecule has 0 aliphatic carbocycles. The van der Waals surface area contributed by atoms with Crippen molar-refractivity contribution in [3.05, 3.63) is 35.4 Å². The molecule has 0 spiro atoms. The monoisotopic (exact) mass is 316 g/mol. The van der Waals surface area contributed by atoms with Crippen LogP contribution in [0.25, 0.3) is 0 Å². The molecule has 2 heterocycles. The van der Waals surface area contributed by atoms with E-state index in [1.807, 2.05) is 17.0 Å². The van der Waals surface area contributed by atoms with Crippen molar-refractivity contribution in [1.82, 2.24) is 10.2 Å². The molecule has 2 aliphatic rings. The third-order valence-corrected chi connectivity index (χ3v) is 4.28.